The average Bonchev–Trinajstić information content (AvgIpc) is 3.01. The van der Waals surface area contributed by atoms with Crippen LogP contribution in [0.2, 0.25) is 37.8 Å². The third-order valence-electron chi connectivity index (χ3n) is 10.2. The number of hydrogen-bond acceptors (Lipinski definition) is 3. The van der Waals surface area contributed by atoms with E-state index in [1.807, 2.05) is 6.92 Å². The van der Waals surface area contributed by atoms with Crippen LogP contribution in [0.15, 0.2) is 23.3 Å². The molecule has 0 spiro atoms. The van der Waals surface area contributed by atoms with Gasteiger partial charge in [0.25, 0.3) is 0 Å². The number of fused-ring (bicyclic) bond motifs is 5. The minimum atomic E-state index is -2.01. The summed E-state index contributed by atoms with van der Waals surface area (Å²) in [7, 11) is -3.94. The molecule has 0 aromatic carbocycles. The second kappa shape index (κ2) is 7.66. The van der Waals surface area contributed by atoms with Crippen molar-refractivity contribution in [2.24, 2.45) is 35.0 Å². The van der Waals surface area contributed by atoms with Gasteiger partial charge in [-0.05, 0) is 97.4 Å². The first-order valence-corrected chi connectivity index (χ1v) is 20.0. The van der Waals surface area contributed by atoms with Gasteiger partial charge in [-0.2, -0.15) is 0 Å². The van der Waals surface area contributed by atoms with Gasteiger partial charge in [-0.15, -0.1) is 0 Å². The zero-order chi connectivity index (χ0) is 25.9. The smallest absolute Gasteiger partial charge is 0.192 e. The molecule has 1 N–H and O–H groups in total. The third kappa shape index (κ3) is 4.10. The van der Waals surface area contributed by atoms with E-state index < -0.39 is 22.2 Å². The Bertz CT molecular complexity index is 901. The van der Waals surface area contributed by atoms with E-state index in [4.69, 9.17) is 8.85 Å². The summed E-state index contributed by atoms with van der Waals surface area (Å²) >= 11 is 0. The van der Waals surface area contributed by atoms with Gasteiger partial charge in [0, 0.05) is 12.3 Å². The van der Waals surface area contributed by atoms with Crippen LogP contribution in [0, 0.1) is 35.0 Å². The molecule has 34 heavy (non-hydrogen) atoms. The van der Waals surface area contributed by atoms with Gasteiger partial charge in [-0.25, -0.2) is 0 Å². The highest BCUT2D eigenvalue weighted by atomic mass is 28.4. The van der Waals surface area contributed by atoms with Gasteiger partial charge in [0.2, 0.25) is 0 Å². The maximum atomic E-state index is 11.2. The Balaban J connectivity index is 1.97. The summed E-state index contributed by atoms with van der Waals surface area (Å²) in [6, 6.07) is 0. The van der Waals surface area contributed by atoms with Crippen molar-refractivity contribution in [3.8, 4) is 0 Å². The molecule has 4 rings (SSSR count). The van der Waals surface area contributed by atoms with Crippen molar-refractivity contribution in [3.05, 3.63) is 23.3 Å². The Morgan fingerprint density at radius 1 is 1.00 bits per heavy atom. The summed E-state index contributed by atoms with van der Waals surface area (Å²) in [6.07, 6.45) is 6.66. The summed E-state index contributed by atoms with van der Waals surface area (Å²) < 4.78 is 14.9. The maximum absolute atomic E-state index is 11.2. The summed E-state index contributed by atoms with van der Waals surface area (Å²) in [6.45, 7) is 30.6. The first kappa shape index (κ1) is 26.8. The van der Waals surface area contributed by atoms with E-state index >= 15 is 0 Å². The van der Waals surface area contributed by atoms with E-state index in [2.05, 4.69) is 93.4 Å². The molecule has 4 aliphatic rings. The SMILES string of the molecule is C[C@@H]1C=C2C[C@](C)(O)C=C2C2(O[Si](C)(C)C)[C@@H](C1O[Si](C)(C)C(C)(C)C)C1C(C[C@H]2C)C1(C)C. The first-order chi connectivity index (χ1) is 15.1. The lowest BCUT2D eigenvalue weighted by Crippen LogP contribution is -2.61. The molecule has 0 aliphatic heterocycles. The molecule has 0 saturated heterocycles. The van der Waals surface area contributed by atoms with Crippen LogP contribution in [0.5, 0.6) is 0 Å². The summed E-state index contributed by atoms with van der Waals surface area (Å²) in [4.78, 5) is 0. The van der Waals surface area contributed by atoms with Crippen LogP contribution in [0.1, 0.15) is 68.2 Å². The van der Waals surface area contributed by atoms with Crippen molar-refractivity contribution >= 4 is 16.6 Å². The fraction of sp³-hybridized carbons (Fsp3) is 0.862. The van der Waals surface area contributed by atoms with Gasteiger partial charge in [0.15, 0.2) is 16.6 Å². The quantitative estimate of drug-likeness (QED) is 0.402. The second-order valence-corrected chi connectivity index (χ2v) is 24.8. The number of aliphatic hydroxyl groups is 1. The van der Waals surface area contributed by atoms with Crippen molar-refractivity contribution in [1.29, 1.82) is 0 Å². The van der Waals surface area contributed by atoms with Crippen LogP contribution in [0.3, 0.4) is 0 Å². The summed E-state index contributed by atoms with van der Waals surface area (Å²) in [5, 5.41) is 11.4. The van der Waals surface area contributed by atoms with Crippen molar-refractivity contribution in [1.82, 2.24) is 0 Å². The highest BCUT2D eigenvalue weighted by molar-refractivity contribution is 6.74. The number of hydrogen-bond donors (Lipinski definition) is 1. The molecule has 0 radical (unpaired) electrons. The molecule has 194 valence electrons. The molecule has 4 unspecified atom stereocenters. The van der Waals surface area contributed by atoms with Crippen LogP contribution in [0.4, 0.5) is 0 Å². The largest absolute Gasteiger partial charge is 0.413 e. The molecule has 2 fully saturated rings. The topological polar surface area (TPSA) is 38.7 Å². The van der Waals surface area contributed by atoms with Crippen molar-refractivity contribution in [3.63, 3.8) is 0 Å². The van der Waals surface area contributed by atoms with E-state index in [1.54, 1.807) is 0 Å². The molecule has 3 nitrogen and oxygen atoms in total. The van der Waals surface area contributed by atoms with Crippen LogP contribution in [-0.4, -0.2) is 39.0 Å². The molecule has 5 heteroatoms. The minimum absolute atomic E-state index is 0.137. The molecule has 0 aromatic rings. The van der Waals surface area contributed by atoms with Gasteiger partial charge >= 0.3 is 0 Å². The molecular weight excluding hydrogens is 452 g/mol. The van der Waals surface area contributed by atoms with Crippen LogP contribution < -0.4 is 0 Å². The summed E-state index contributed by atoms with van der Waals surface area (Å²) in [5.74, 6) is 2.32. The minimum Gasteiger partial charge on any atom is -0.413 e. The molecule has 0 heterocycles. The lowest BCUT2D eigenvalue weighted by Gasteiger charge is -2.55. The Kier molecular flexibility index (Phi) is 6.05. The summed E-state index contributed by atoms with van der Waals surface area (Å²) in [5.41, 5.74) is 1.73. The fourth-order valence-corrected chi connectivity index (χ4v) is 10.5. The van der Waals surface area contributed by atoms with E-state index in [9.17, 15) is 5.11 Å². The van der Waals surface area contributed by atoms with Crippen molar-refractivity contribution < 1.29 is 14.0 Å². The number of rotatable bonds is 4. The van der Waals surface area contributed by atoms with Gasteiger partial charge in [-0.3, -0.25) is 0 Å². The Labute approximate surface area is 212 Å². The fourth-order valence-electron chi connectivity index (χ4n) is 7.61. The lowest BCUT2D eigenvalue weighted by molar-refractivity contribution is -0.0975. The zero-order valence-corrected chi connectivity index (χ0v) is 26.3. The van der Waals surface area contributed by atoms with Crippen molar-refractivity contribution in [2.75, 3.05) is 0 Å². The second-order valence-electron chi connectivity index (χ2n) is 15.6. The third-order valence-corrected chi connectivity index (χ3v) is 15.6. The lowest BCUT2D eigenvalue weighted by atomic mass is 9.62. The van der Waals surface area contributed by atoms with E-state index in [0.717, 1.165) is 5.92 Å². The molecule has 2 saturated carbocycles. The molecule has 4 aliphatic carbocycles. The highest BCUT2D eigenvalue weighted by Gasteiger charge is 2.74. The molecule has 0 aromatic heterocycles. The Hall–Kier alpha value is -0.206. The predicted molar refractivity (Wildman–Crippen MR) is 148 cm³/mol. The highest BCUT2D eigenvalue weighted by Crippen LogP contribution is 2.74. The monoisotopic (exact) mass is 504 g/mol. The molecule has 8 atom stereocenters. The van der Waals surface area contributed by atoms with Crippen LogP contribution in [-0.2, 0) is 8.85 Å². The molecular formula is C29H52O3Si2. The maximum Gasteiger partial charge on any atom is 0.192 e. The van der Waals surface area contributed by atoms with Gasteiger partial charge in [-0.1, -0.05) is 54.5 Å². The average molecular weight is 505 g/mol. The normalized spacial score (nSPS) is 43.8. The van der Waals surface area contributed by atoms with E-state index in [-0.39, 0.29) is 16.7 Å². The molecule has 0 amide bonds. The van der Waals surface area contributed by atoms with Gasteiger partial charge < -0.3 is 14.0 Å². The zero-order valence-electron chi connectivity index (χ0n) is 24.3. The van der Waals surface area contributed by atoms with Crippen LogP contribution in [0.25, 0.3) is 0 Å². The Morgan fingerprint density at radius 3 is 2.12 bits per heavy atom. The van der Waals surface area contributed by atoms with E-state index in [1.165, 1.54) is 17.6 Å². The van der Waals surface area contributed by atoms with Gasteiger partial charge in [0.05, 0.1) is 17.3 Å². The Morgan fingerprint density at radius 2 is 1.59 bits per heavy atom. The van der Waals surface area contributed by atoms with Crippen molar-refractivity contribution in [2.45, 2.75) is 123 Å². The first-order valence-electron chi connectivity index (χ1n) is 13.7. The van der Waals surface area contributed by atoms with Crippen LogP contribution >= 0.6 is 0 Å². The molecule has 0 bridgehead atoms. The van der Waals surface area contributed by atoms with E-state index in [0.29, 0.717) is 35.5 Å². The standard InChI is InChI=1S/C29H52O3Si2/c1-18-14-20-16-28(8,30)17-22(20)29(32-33(9,10)11)19(2)15-21-23(27(21,6)7)24(29)25(18)31-34(12,13)26(3,4)5/h14,17-19,21,23-25,30H,15-16H2,1-13H3/t18-,19-,21?,23?,24-,25?,28+,29?/m1/s1. The van der Waals surface area contributed by atoms with Gasteiger partial charge in [0.1, 0.15) is 0 Å². The predicted octanol–water partition coefficient (Wildman–Crippen LogP) is 7.55.